The van der Waals surface area contributed by atoms with E-state index in [1.807, 2.05) is 30.3 Å². The zero-order valence-electron chi connectivity index (χ0n) is 14.0. The lowest BCUT2D eigenvalue weighted by molar-refractivity contribution is -0.132. The fourth-order valence-electron chi connectivity index (χ4n) is 3.06. The molecule has 0 saturated carbocycles. The van der Waals surface area contributed by atoms with Crippen LogP contribution in [0.1, 0.15) is 24.0 Å². The molecule has 1 heterocycles. The minimum absolute atomic E-state index is 0.0214. The molecule has 0 bridgehead atoms. The Kier molecular flexibility index (Phi) is 5.95. The molecule has 0 spiro atoms. The van der Waals surface area contributed by atoms with Crippen LogP contribution in [0, 0.1) is 0 Å². The second kappa shape index (κ2) is 8.37. The number of benzene rings is 2. The number of nitrogens with zero attached hydrogens (tertiary/aromatic N) is 1. The minimum atomic E-state index is -0.0214. The predicted octanol–water partition coefficient (Wildman–Crippen LogP) is 3.80. The number of aromatic hydroxyl groups is 1. The number of ether oxygens (including phenoxy) is 1. The zero-order valence-corrected chi connectivity index (χ0v) is 14.8. The van der Waals surface area contributed by atoms with Crippen LogP contribution in [0.4, 0.5) is 0 Å². The van der Waals surface area contributed by atoms with Crippen molar-refractivity contribution in [3.63, 3.8) is 0 Å². The highest BCUT2D eigenvalue weighted by molar-refractivity contribution is 6.31. The van der Waals surface area contributed by atoms with E-state index in [0.717, 1.165) is 30.6 Å². The maximum Gasteiger partial charge on any atom is 0.227 e. The molecule has 1 atom stereocenters. The van der Waals surface area contributed by atoms with E-state index in [1.54, 1.807) is 23.1 Å². The molecule has 2 aromatic carbocycles. The molecule has 0 radical (unpaired) electrons. The van der Waals surface area contributed by atoms with Gasteiger partial charge in [0.25, 0.3) is 0 Å². The fraction of sp³-hybridized carbons (Fsp3) is 0.350. The van der Waals surface area contributed by atoms with Gasteiger partial charge in [-0.3, -0.25) is 4.79 Å². The Bertz CT molecular complexity index is 728. The quantitative estimate of drug-likeness (QED) is 0.853. The molecule has 4 nitrogen and oxygen atoms in total. The molecule has 1 saturated heterocycles. The SMILES string of the molecule is O=C(Cc1ccccc1Cl)N(Cc1ccccc1O)CC1CCCO1. The van der Waals surface area contributed by atoms with Crippen LogP contribution in [0.5, 0.6) is 5.75 Å². The maximum atomic E-state index is 12.9. The van der Waals surface area contributed by atoms with Crippen molar-refractivity contribution in [2.75, 3.05) is 13.2 Å². The molecule has 5 heteroatoms. The Labute approximate surface area is 153 Å². The van der Waals surface area contributed by atoms with E-state index in [9.17, 15) is 9.90 Å². The van der Waals surface area contributed by atoms with Crippen molar-refractivity contribution < 1.29 is 14.6 Å². The molecule has 2 aromatic rings. The van der Waals surface area contributed by atoms with Crippen LogP contribution < -0.4 is 0 Å². The summed E-state index contributed by atoms with van der Waals surface area (Å²) in [7, 11) is 0. The average Bonchev–Trinajstić information content (AvgIpc) is 3.11. The van der Waals surface area contributed by atoms with Gasteiger partial charge in [0, 0.05) is 30.3 Å². The number of phenols is 1. The van der Waals surface area contributed by atoms with Crippen LogP contribution >= 0.6 is 11.6 Å². The number of hydrogen-bond acceptors (Lipinski definition) is 3. The van der Waals surface area contributed by atoms with E-state index in [2.05, 4.69) is 0 Å². The summed E-state index contributed by atoms with van der Waals surface area (Å²) in [6, 6.07) is 14.5. The first-order valence-electron chi connectivity index (χ1n) is 8.53. The highest BCUT2D eigenvalue weighted by Gasteiger charge is 2.24. The highest BCUT2D eigenvalue weighted by atomic mass is 35.5. The highest BCUT2D eigenvalue weighted by Crippen LogP contribution is 2.22. The minimum Gasteiger partial charge on any atom is -0.508 e. The molecule has 0 aromatic heterocycles. The molecule has 1 N–H and O–H groups in total. The predicted molar refractivity (Wildman–Crippen MR) is 97.7 cm³/mol. The number of para-hydroxylation sites is 1. The average molecular weight is 360 g/mol. The second-order valence-electron chi connectivity index (χ2n) is 6.31. The smallest absolute Gasteiger partial charge is 0.227 e. The Morgan fingerprint density at radius 2 is 1.88 bits per heavy atom. The largest absolute Gasteiger partial charge is 0.508 e. The van der Waals surface area contributed by atoms with E-state index < -0.39 is 0 Å². The summed E-state index contributed by atoms with van der Waals surface area (Å²) in [4.78, 5) is 14.7. The molecule has 3 rings (SSSR count). The number of halogens is 1. The summed E-state index contributed by atoms with van der Waals surface area (Å²) in [6.07, 6.45) is 2.27. The van der Waals surface area contributed by atoms with Gasteiger partial charge in [0.2, 0.25) is 5.91 Å². The monoisotopic (exact) mass is 359 g/mol. The van der Waals surface area contributed by atoms with Crippen LogP contribution in [-0.4, -0.2) is 35.2 Å². The van der Waals surface area contributed by atoms with Gasteiger partial charge in [-0.05, 0) is 30.5 Å². The van der Waals surface area contributed by atoms with E-state index in [4.69, 9.17) is 16.3 Å². The first-order chi connectivity index (χ1) is 12.1. The molecule has 1 unspecified atom stereocenters. The molecule has 1 fully saturated rings. The van der Waals surface area contributed by atoms with Gasteiger partial charge in [-0.1, -0.05) is 48.0 Å². The summed E-state index contributed by atoms with van der Waals surface area (Å²) in [5, 5.41) is 10.6. The summed E-state index contributed by atoms with van der Waals surface area (Å²) < 4.78 is 5.69. The molecule has 1 aliphatic rings. The maximum absolute atomic E-state index is 12.9. The molecule has 1 aliphatic heterocycles. The first-order valence-corrected chi connectivity index (χ1v) is 8.91. The Balaban J connectivity index is 1.76. The summed E-state index contributed by atoms with van der Waals surface area (Å²) in [6.45, 7) is 1.63. The van der Waals surface area contributed by atoms with Crippen LogP contribution in [0.15, 0.2) is 48.5 Å². The van der Waals surface area contributed by atoms with Crippen molar-refractivity contribution in [3.8, 4) is 5.75 Å². The van der Waals surface area contributed by atoms with Gasteiger partial charge in [-0.15, -0.1) is 0 Å². The van der Waals surface area contributed by atoms with Gasteiger partial charge in [0.05, 0.1) is 12.5 Å². The lowest BCUT2D eigenvalue weighted by Gasteiger charge is -2.26. The number of carbonyl (C=O) groups excluding carboxylic acids is 1. The van der Waals surface area contributed by atoms with Gasteiger partial charge in [0.15, 0.2) is 0 Å². The molecular formula is C20H22ClNO3. The van der Waals surface area contributed by atoms with Crippen molar-refractivity contribution in [2.45, 2.75) is 31.9 Å². The topological polar surface area (TPSA) is 49.8 Å². The van der Waals surface area contributed by atoms with E-state index in [0.29, 0.717) is 18.1 Å². The number of carbonyl (C=O) groups is 1. The van der Waals surface area contributed by atoms with E-state index in [-0.39, 0.29) is 24.2 Å². The van der Waals surface area contributed by atoms with Crippen molar-refractivity contribution in [1.29, 1.82) is 0 Å². The molecule has 132 valence electrons. The van der Waals surface area contributed by atoms with Crippen molar-refractivity contribution in [3.05, 3.63) is 64.7 Å². The Morgan fingerprint density at radius 1 is 1.16 bits per heavy atom. The first kappa shape index (κ1) is 17.8. The van der Waals surface area contributed by atoms with Gasteiger partial charge < -0.3 is 14.7 Å². The Morgan fingerprint density at radius 3 is 2.56 bits per heavy atom. The summed E-state index contributed by atoms with van der Waals surface area (Å²) in [5.41, 5.74) is 1.54. The van der Waals surface area contributed by atoms with Crippen LogP contribution in [0.25, 0.3) is 0 Å². The molecule has 1 amide bonds. The number of amides is 1. The van der Waals surface area contributed by atoms with Crippen molar-refractivity contribution >= 4 is 17.5 Å². The summed E-state index contributed by atoms with van der Waals surface area (Å²) in [5.74, 6) is 0.178. The third-order valence-corrected chi connectivity index (χ3v) is 4.82. The van der Waals surface area contributed by atoms with Gasteiger partial charge >= 0.3 is 0 Å². The number of phenolic OH excluding ortho intramolecular Hbond substituents is 1. The van der Waals surface area contributed by atoms with Crippen molar-refractivity contribution in [1.82, 2.24) is 4.90 Å². The van der Waals surface area contributed by atoms with E-state index in [1.165, 1.54) is 0 Å². The summed E-state index contributed by atoms with van der Waals surface area (Å²) >= 11 is 6.19. The zero-order chi connectivity index (χ0) is 17.6. The van der Waals surface area contributed by atoms with Gasteiger partial charge in [0.1, 0.15) is 5.75 Å². The normalized spacial score (nSPS) is 16.8. The lowest BCUT2D eigenvalue weighted by Crippen LogP contribution is -2.37. The molecular weight excluding hydrogens is 338 g/mol. The second-order valence-corrected chi connectivity index (χ2v) is 6.71. The molecule has 25 heavy (non-hydrogen) atoms. The van der Waals surface area contributed by atoms with Gasteiger partial charge in [-0.2, -0.15) is 0 Å². The molecule has 0 aliphatic carbocycles. The van der Waals surface area contributed by atoms with Crippen LogP contribution in [0.3, 0.4) is 0 Å². The van der Waals surface area contributed by atoms with Crippen LogP contribution in [-0.2, 0) is 22.5 Å². The third kappa shape index (κ3) is 4.74. The number of hydrogen-bond donors (Lipinski definition) is 1. The van der Waals surface area contributed by atoms with Crippen molar-refractivity contribution in [2.24, 2.45) is 0 Å². The standard InChI is InChI=1S/C20H22ClNO3/c21-18-9-3-1-6-15(18)12-20(24)22(14-17-8-5-11-25-17)13-16-7-2-4-10-19(16)23/h1-4,6-7,9-10,17,23H,5,8,11-14H2. The fourth-order valence-corrected chi connectivity index (χ4v) is 3.26. The Hall–Kier alpha value is -2.04. The van der Waals surface area contributed by atoms with E-state index >= 15 is 0 Å². The lowest BCUT2D eigenvalue weighted by atomic mass is 10.1. The van der Waals surface area contributed by atoms with Gasteiger partial charge in [-0.25, -0.2) is 0 Å². The van der Waals surface area contributed by atoms with Crippen LogP contribution in [0.2, 0.25) is 5.02 Å². The number of rotatable bonds is 6. The third-order valence-electron chi connectivity index (χ3n) is 4.45.